The summed E-state index contributed by atoms with van der Waals surface area (Å²) in [5.41, 5.74) is 1.98. The average molecular weight is 282 g/mol. The Bertz CT molecular complexity index is 716. The molecule has 1 aromatic heterocycles. The molecular weight excluding hydrogens is 264 g/mol. The van der Waals surface area contributed by atoms with Gasteiger partial charge in [0.05, 0.1) is 6.61 Å². The highest BCUT2D eigenvalue weighted by Crippen LogP contribution is 2.26. The van der Waals surface area contributed by atoms with Gasteiger partial charge in [-0.05, 0) is 37.3 Å². The molecule has 0 aliphatic heterocycles. The Hall–Kier alpha value is -2.26. The molecule has 0 saturated heterocycles. The van der Waals surface area contributed by atoms with Crippen molar-refractivity contribution < 1.29 is 14.3 Å². The van der Waals surface area contributed by atoms with Crippen LogP contribution in [0.25, 0.3) is 11.0 Å². The van der Waals surface area contributed by atoms with Crippen LogP contribution in [0.5, 0.6) is 5.75 Å². The van der Waals surface area contributed by atoms with Crippen LogP contribution >= 0.6 is 0 Å². The summed E-state index contributed by atoms with van der Waals surface area (Å²) in [7, 11) is 0. The second kappa shape index (κ2) is 6.02. The standard InChI is InChI=1S/C18H18O3/c1-13-7-8-17-14(11-13)12-18(21-17)16(19)9-10-20-15-5-3-2-4-6-15/h2-8,11-12,16,19H,9-10H2,1H3. The van der Waals surface area contributed by atoms with E-state index in [0.29, 0.717) is 18.8 Å². The number of hydrogen-bond acceptors (Lipinski definition) is 3. The van der Waals surface area contributed by atoms with E-state index in [0.717, 1.165) is 16.7 Å². The zero-order valence-electron chi connectivity index (χ0n) is 12.0. The van der Waals surface area contributed by atoms with E-state index >= 15 is 0 Å². The Kier molecular flexibility index (Phi) is 3.93. The number of aliphatic hydroxyl groups is 1. The first-order valence-electron chi connectivity index (χ1n) is 7.08. The molecule has 0 aliphatic rings. The molecule has 0 radical (unpaired) electrons. The summed E-state index contributed by atoms with van der Waals surface area (Å²) in [5.74, 6) is 1.40. The number of rotatable bonds is 5. The number of para-hydroxylation sites is 1. The van der Waals surface area contributed by atoms with E-state index in [1.165, 1.54) is 5.56 Å². The quantitative estimate of drug-likeness (QED) is 0.761. The fourth-order valence-electron chi connectivity index (χ4n) is 2.29. The van der Waals surface area contributed by atoms with Crippen molar-refractivity contribution in [3.63, 3.8) is 0 Å². The Morgan fingerprint density at radius 2 is 1.90 bits per heavy atom. The van der Waals surface area contributed by atoms with Crippen molar-refractivity contribution in [3.05, 3.63) is 65.9 Å². The molecule has 1 unspecified atom stereocenters. The molecule has 21 heavy (non-hydrogen) atoms. The summed E-state index contributed by atoms with van der Waals surface area (Å²) >= 11 is 0. The van der Waals surface area contributed by atoms with Crippen molar-refractivity contribution in [1.29, 1.82) is 0 Å². The molecule has 0 amide bonds. The van der Waals surface area contributed by atoms with Crippen molar-refractivity contribution in [2.45, 2.75) is 19.4 Å². The highest BCUT2D eigenvalue weighted by atomic mass is 16.5. The normalized spacial score (nSPS) is 12.5. The summed E-state index contributed by atoms with van der Waals surface area (Å²) in [6.07, 6.45) is -0.158. The van der Waals surface area contributed by atoms with Crippen molar-refractivity contribution >= 4 is 11.0 Å². The highest BCUT2D eigenvalue weighted by molar-refractivity contribution is 5.78. The smallest absolute Gasteiger partial charge is 0.134 e. The van der Waals surface area contributed by atoms with Gasteiger partial charge in [-0.15, -0.1) is 0 Å². The Balaban J connectivity index is 1.62. The van der Waals surface area contributed by atoms with Gasteiger partial charge in [-0.2, -0.15) is 0 Å². The third kappa shape index (κ3) is 3.26. The van der Waals surface area contributed by atoms with Crippen LogP contribution < -0.4 is 4.74 Å². The molecule has 108 valence electrons. The first kappa shape index (κ1) is 13.7. The van der Waals surface area contributed by atoms with Crippen LogP contribution in [-0.4, -0.2) is 11.7 Å². The summed E-state index contributed by atoms with van der Waals surface area (Å²) in [6, 6.07) is 17.5. The molecule has 1 atom stereocenters. The van der Waals surface area contributed by atoms with Gasteiger partial charge in [0.25, 0.3) is 0 Å². The minimum absolute atomic E-state index is 0.446. The number of benzene rings is 2. The van der Waals surface area contributed by atoms with E-state index in [9.17, 15) is 5.11 Å². The number of aliphatic hydroxyl groups excluding tert-OH is 1. The molecule has 0 fully saturated rings. The maximum atomic E-state index is 10.2. The van der Waals surface area contributed by atoms with Crippen molar-refractivity contribution in [2.75, 3.05) is 6.61 Å². The number of furan rings is 1. The van der Waals surface area contributed by atoms with Gasteiger partial charge in [-0.3, -0.25) is 0 Å². The van der Waals surface area contributed by atoms with Crippen molar-refractivity contribution in [1.82, 2.24) is 0 Å². The van der Waals surface area contributed by atoms with Crippen LogP contribution in [0.3, 0.4) is 0 Å². The zero-order chi connectivity index (χ0) is 14.7. The van der Waals surface area contributed by atoms with Gasteiger partial charge in [0.1, 0.15) is 23.2 Å². The first-order valence-corrected chi connectivity index (χ1v) is 7.08. The lowest BCUT2D eigenvalue weighted by Crippen LogP contribution is -2.04. The molecule has 3 rings (SSSR count). The Morgan fingerprint density at radius 1 is 1.10 bits per heavy atom. The predicted octanol–water partition coefficient (Wildman–Crippen LogP) is 4.24. The van der Waals surface area contributed by atoms with E-state index in [1.54, 1.807) is 0 Å². The summed E-state index contributed by atoms with van der Waals surface area (Å²) in [5, 5.41) is 11.2. The van der Waals surface area contributed by atoms with E-state index in [1.807, 2.05) is 55.5 Å². The summed E-state index contributed by atoms with van der Waals surface area (Å²) < 4.78 is 11.3. The third-order valence-electron chi connectivity index (χ3n) is 3.42. The lowest BCUT2D eigenvalue weighted by atomic mass is 10.1. The fraction of sp³-hybridized carbons (Fsp3) is 0.222. The van der Waals surface area contributed by atoms with E-state index in [2.05, 4.69) is 6.07 Å². The van der Waals surface area contributed by atoms with Gasteiger partial charge in [0.2, 0.25) is 0 Å². The van der Waals surface area contributed by atoms with E-state index in [-0.39, 0.29) is 0 Å². The second-order valence-electron chi connectivity index (χ2n) is 5.16. The van der Waals surface area contributed by atoms with Crippen molar-refractivity contribution in [2.24, 2.45) is 0 Å². The fourth-order valence-corrected chi connectivity index (χ4v) is 2.29. The van der Waals surface area contributed by atoms with Crippen LogP contribution in [0.4, 0.5) is 0 Å². The number of ether oxygens (including phenoxy) is 1. The molecule has 2 aromatic carbocycles. The molecule has 1 N–H and O–H groups in total. The Labute approximate surface area is 123 Å². The van der Waals surface area contributed by atoms with Crippen LogP contribution in [0.2, 0.25) is 0 Å². The number of fused-ring (bicyclic) bond motifs is 1. The van der Waals surface area contributed by atoms with Crippen LogP contribution in [0.15, 0.2) is 59.0 Å². The van der Waals surface area contributed by atoms with Gasteiger partial charge in [0, 0.05) is 11.8 Å². The topological polar surface area (TPSA) is 42.6 Å². The monoisotopic (exact) mass is 282 g/mol. The summed E-state index contributed by atoms with van der Waals surface area (Å²) in [4.78, 5) is 0. The molecule has 0 saturated carbocycles. The van der Waals surface area contributed by atoms with Crippen LogP contribution in [0.1, 0.15) is 23.8 Å². The molecular formula is C18H18O3. The van der Waals surface area contributed by atoms with E-state index in [4.69, 9.17) is 9.15 Å². The molecule has 1 heterocycles. The first-order chi connectivity index (χ1) is 10.2. The van der Waals surface area contributed by atoms with Gasteiger partial charge in [-0.25, -0.2) is 0 Å². The second-order valence-corrected chi connectivity index (χ2v) is 5.16. The minimum atomic E-state index is -0.651. The van der Waals surface area contributed by atoms with Gasteiger partial charge in [0.15, 0.2) is 0 Å². The van der Waals surface area contributed by atoms with Gasteiger partial charge >= 0.3 is 0 Å². The third-order valence-corrected chi connectivity index (χ3v) is 3.42. The zero-order valence-corrected chi connectivity index (χ0v) is 12.0. The molecule has 0 spiro atoms. The van der Waals surface area contributed by atoms with Gasteiger partial charge in [-0.1, -0.05) is 29.8 Å². The Morgan fingerprint density at radius 3 is 2.71 bits per heavy atom. The van der Waals surface area contributed by atoms with Crippen molar-refractivity contribution in [3.8, 4) is 5.75 Å². The van der Waals surface area contributed by atoms with E-state index < -0.39 is 6.10 Å². The lowest BCUT2D eigenvalue weighted by Gasteiger charge is -2.09. The highest BCUT2D eigenvalue weighted by Gasteiger charge is 2.13. The average Bonchev–Trinajstić information content (AvgIpc) is 2.91. The molecule has 3 aromatic rings. The summed E-state index contributed by atoms with van der Waals surface area (Å²) in [6.45, 7) is 2.48. The predicted molar refractivity (Wildman–Crippen MR) is 82.5 cm³/mol. The maximum absolute atomic E-state index is 10.2. The lowest BCUT2D eigenvalue weighted by molar-refractivity contribution is 0.120. The maximum Gasteiger partial charge on any atom is 0.134 e. The largest absolute Gasteiger partial charge is 0.493 e. The molecule has 0 bridgehead atoms. The molecule has 0 aliphatic carbocycles. The number of hydrogen-bond donors (Lipinski definition) is 1. The molecule has 3 nitrogen and oxygen atoms in total. The van der Waals surface area contributed by atoms with Gasteiger partial charge < -0.3 is 14.3 Å². The van der Waals surface area contributed by atoms with Crippen LogP contribution in [0, 0.1) is 6.92 Å². The number of aryl methyl sites for hydroxylation is 1. The minimum Gasteiger partial charge on any atom is -0.493 e. The SMILES string of the molecule is Cc1ccc2oc(C(O)CCOc3ccccc3)cc2c1. The molecule has 3 heteroatoms. The van der Waals surface area contributed by atoms with Crippen LogP contribution in [-0.2, 0) is 0 Å².